The largest absolute Gasteiger partial charge is 0.319 e. The van der Waals surface area contributed by atoms with Crippen LogP contribution in [0, 0.1) is 11.8 Å². The molecule has 0 aromatic heterocycles. The van der Waals surface area contributed by atoms with Crippen molar-refractivity contribution in [2.45, 2.75) is 33.1 Å². The molecule has 1 saturated heterocycles. The molecule has 5 heteroatoms. The van der Waals surface area contributed by atoms with E-state index in [1.807, 2.05) is 14.0 Å². The Morgan fingerprint density at radius 1 is 1.47 bits per heavy atom. The van der Waals surface area contributed by atoms with Crippen LogP contribution in [0.5, 0.6) is 0 Å². The minimum atomic E-state index is -3.03. The van der Waals surface area contributed by atoms with Gasteiger partial charge in [-0.1, -0.05) is 20.3 Å². The molecule has 1 heterocycles. The first-order valence-electron chi connectivity index (χ1n) is 6.62. The van der Waals surface area contributed by atoms with E-state index >= 15 is 0 Å². The van der Waals surface area contributed by atoms with Crippen molar-refractivity contribution in [2.75, 3.05) is 32.4 Å². The summed E-state index contributed by atoms with van der Waals surface area (Å²) < 4.78 is 26.0. The molecule has 0 spiro atoms. The number of hydrogen-bond acceptors (Lipinski definition) is 3. The van der Waals surface area contributed by atoms with Crippen LogP contribution in [0.1, 0.15) is 33.1 Å². The van der Waals surface area contributed by atoms with E-state index in [4.69, 9.17) is 0 Å². The van der Waals surface area contributed by atoms with Gasteiger partial charge in [0.2, 0.25) is 10.0 Å². The van der Waals surface area contributed by atoms with E-state index in [1.54, 1.807) is 4.31 Å². The van der Waals surface area contributed by atoms with E-state index in [9.17, 15) is 8.42 Å². The van der Waals surface area contributed by atoms with Crippen molar-refractivity contribution in [3.05, 3.63) is 0 Å². The molecule has 1 rings (SSSR count). The maximum Gasteiger partial charge on any atom is 0.214 e. The monoisotopic (exact) mass is 262 g/mol. The molecule has 1 aliphatic rings. The smallest absolute Gasteiger partial charge is 0.214 e. The van der Waals surface area contributed by atoms with E-state index in [1.165, 1.54) is 0 Å². The maximum absolute atomic E-state index is 12.2. The molecule has 0 radical (unpaired) electrons. The first-order valence-corrected chi connectivity index (χ1v) is 8.23. The van der Waals surface area contributed by atoms with Crippen LogP contribution in [0.3, 0.4) is 0 Å². The highest BCUT2D eigenvalue weighted by molar-refractivity contribution is 7.89. The van der Waals surface area contributed by atoms with Crippen molar-refractivity contribution in [1.82, 2.24) is 9.62 Å². The zero-order valence-electron chi connectivity index (χ0n) is 11.3. The van der Waals surface area contributed by atoms with Gasteiger partial charge in [-0.2, -0.15) is 0 Å². The molecule has 2 unspecified atom stereocenters. The first kappa shape index (κ1) is 14.9. The molecular formula is C12H26N2O2S. The Bertz CT molecular complexity index is 316. The number of nitrogens with one attached hydrogen (secondary N) is 1. The van der Waals surface area contributed by atoms with Gasteiger partial charge in [0.1, 0.15) is 0 Å². The minimum absolute atomic E-state index is 0.272. The lowest BCUT2D eigenvalue weighted by Gasteiger charge is -2.19. The first-order chi connectivity index (χ1) is 7.99. The van der Waals surface area contributed by atoms with Gasteiger partial charge in [0.05, 0.1) is 5.75 Å². The highest BCUT2D eigenvalue weighted by Crippen LogP contribution is 2.21. The van der Waals surface area contributed by atoms with Crippen LogP contribution in [0.25, 0.3) is 0 Å². The highest BCUT2D eigenvalue weighted by Gasteiger charge is 2.31. The molecule has 0 aliphatic carbocycles. The third-order valence-electron chi connectivity index (χ3n) is 3.41. The summed E-state index contributed by atoms with van der Waals surface area (Å²) in [4.78, 5) is 0. The van der Waals surface area contributed by atoms with E-state index in [2.05, 4.69) is 12.2 Å². The van der Waals surface area contributed by atoms with Gasteiger partial charge in [0.25, 0.3) is 0 Å². The molecule has 0 saturated carbocycles. The second-order valence-electron chi connectivity index (χ2n) is 5.24. The molecule has 1 aliphatic heterocycles. The van der Waals surface area contributed by atoms with E-state index in [0.717, 1.165) is 25.8 Å². The Morgan fingerprint density at radius 3 is 2.76 bits per heavy atom. The van der Waals surface area contributed by atoms with Crippen LogP contribution in [-0.4, -0.2) is 45.2 Å². The summed E-state index contributed by atoms with van der Waals surface area (Å²) in [7, 11) is -1.11. The topological polar surface area (TPSA) is 49.4 Å². The Labute approximate surface area is 106 Å². The summed E-state index contributed by atoms with van der Waals surface area (Å²) in [5.74, 6) is 1.07. The number of sulfonamides is 1. The van der Waals surface area contributed by atoms with Crippen molar-refractivity contribution < 1.29 is 8.42 Å². The molecule has 0 aromatic rings. The van der Waals surface area contributed by atoms with Gasteiger partial charge in [0.15, 0.2) is 0 Å². The fourth-order valence-electron chi connectivity index (χ4n) is 2.55. The number of hydrogen-bond donors (Lipinski definition) is 1. The highest BCUT2D eigenvalue weighted by atomic mass is 32.2. The molecule has 0 aromatic carbocycles. The Hall–Kier alpha value is -0.130. The van der Waals surface area contributed by atoms with Gasteiger partial charge in [-0.25, -0.2) is 12.7 Å². The maximum atomic E-state index is 12.2. The van der Waals surface area contributed by atoms with Gasteiger partial charge in [-0.3, -0.25) is 0 Å². The predicted molar refractivity (Wildman–Crippen MR) is 71.5 cm³/mol. The summed E-state index contributed by atoms with van der Waals surface area (Å²) in [6, 6.07) is 0. The van der Waals surface area contributed by atoms with Crippen LogP contribution < -0.4 is 5.32 Å². The summed E-state index contributed by atoms with van der Waals surface area (Å²) in [6.07, 6.45) is 3.04. The van der Waals surface area contributed by atoms with Crippen LogP contribution >= 0.6 is 0 Å². The Balaban J connectivity index is 2.49. The molecule has 1 fully saturated rings. The van der Waals surface area contributed by atoms with Crippen LogP contribution in [-0.2, 0) is 10.0 Å². The molecule has 0 amide bonds. The van der Waals surface area contributed by atoms with Gasteiger partial charge in [0, 0.05) is 13.1 Å². The summed E-state index contributed by atoms with van der Waals surface area (Å²) in [5.41, 5.74) is 0. The lowest BCUT2D eigenvalue weighted by molar-refractivity contribution is 0.440. The molecular weight excluding hydrogens is 236 g/mol. The Morgan fingerprint density at radius 2 is 2.18 bits per heavy atom. The van der Waals surface area contributed by atoms with Gasteiger partial charge in [-0.05, 0) is 38.3 Å². The molecule has 4 nitrogen and oxygen atoms in total. The second-order valence-corrected chi connectivity index (χ2v) is 7.26. The van der Waals surface area contributed by atoms with E-state index in [-0.39, 0.29) is 5.92 Å². The average molecular weight is 262 g/mol. The van der Waals surface area contributed by atoms with Crippen LogP contribution in [0.15, 0.2) is 0 Å². The number of rotatable bonds is 7. The molecule has 1 N–H and O–H groups in total. The molecule has 102 valence electrons. The quantitative estimate of drug-likeness (QED) is 0.752. The van der Waals surface area contributed by atoms with E-state index < -0.39 is 10.0 Å². The van der Waals surface area contributed by atoms with Gasteiger partial charge in [-0.15, -0.1) is 0 Å². The minimum Gasteiger partial charge on any atom is -0.319 e. The second kappa shape index (κ2) is 6.71. The van der Waals surface area contributed by atoms with Crippen molar-refractivity contribution in [3.8, 4) is 0 Å². The third-order valence-corrected chi connectivity index (χ3v) is 5.52. The zero-order chi connectivity index (χ0) is 12.9. The van der Waals surface area contributed by atoms with Crippen LogP contribution in [0.2, 0.25) is 0 Å². The summed E-state index contributed by atoms with van der Waals surface area (Å²) in [6.45, 7) is 6.44. The van der Waals surface area contributed by atoms with Crippen molar-refractivity contribution in [1.29, 1.82) is 0 Å². The third kappa shape index (κ3) is 4.56. The lowest BCUT2D eigenvalue weighted by atomic mass is 10.1. The molecule has 2 atom stereocenters. The van der Waals surface area contributed by atoms with Crippen LogP contribution in [0.4, 0.5) is 0 Å². The van der Waals surface area contributed by atoms with Crippen molar-refractivity contribution in [3.63, 3.8) is 0 Å². The molecule has 17 heavy (non-hydrogen) atoms. The normalized spacial score (nSPS) is 24.1. The fraction of sp³-hybridized carbons (Fsp3) is 1.00. The molecule has 0 bridgehead atoms. The van der Waals surface area contributed by atoms with Crippen molar-refractivity contribution in [2.24, 2.45) is 11.8 Å². The predicted octanol–water partition coefficient (Wildman–Crippen LogP) is 1.29. The SMILES string of the molecule is CCCC(C)CS(=O)(=O)N1CCC(CNC)C1. The summed E-state index contributed by atoms with van der Waals surface area (Å²) >= 11 is 0. The fourth-order valence-corrected chi connectivity index (χ4v) is 4.46. The van der Waals surface area contributed by atoms with Crippen molar-refractivity contribution >= 4 is 10.0 Å². The standard InChI is InChI=1S/C12H26N2O2S/c1-4-5-11(2)10-17(15,16)14-7-6-12(9-14)8-13-3/h11-13H,4-10H2,1-3H3. The zero-order valence-corrected chi connectivity index (χ0v) is 12.1. The summed E-state index contributed by atoms with van der Waals surface area (Å²) in [5, 5.41) is 3.12. The lowest BCUT2D eigenvalue weighted by Crippen LogP contribution is -2.34. The van der Waals surface area contributed by atoms with Gasteiger partial charge < -0.3 is 5.32 Å². The average Bonchev–Trinajstić information content (AvgIpc) is 2.67. The Kier molecular flexibility index (Phi) is 5.89. The van der Waals surface area contributed by atoms with Gasteiger partial charge >= 0.3 is 0 Å². The van der Waals surface area contributed by atoms with E-state index in [0.29, 0.717) is 24.8 Å². The number of nitrogens with zero attached hydrogens (tertiary/aromatic N) is 1.